The molecule has 3 heteroatoms. The van der Waals surface area contributed by atoms with Gasteiger partial charge in [0.05, 0.1) is 0 Å². The van der Waals surface area contributed by atoms with E-state index in [-0.39, 0.29) is 12.1 Å². The molecule has 0 aromatic heterocycles. The summed E-state index contributed by atoms with van der Waals surface area (Å²) >= 11 is 0. The van der Waals surface area contributed by atoms with Gasteiger partial charge in [0.1, 0.15) is 12.4 Å². The van der Waals surface area contributed by atoms with E-state index in [0.29, 0.717) is 12.8 Å². The lowest BCUT2D eigenvalue weighted by molar-refractivity contribution is -0.149. The van der Waals surface area contributed by atoms with Crippen molar-refractivity contribution < 1.29 is 14.3 Å². The molecular formula is C22H40O3. The van der Waals surface area contributed by atoms with Gasteiger partial charge in [-0.05, 0) is 38.5 Å². The predicted octanol–water partition coefficient (Wildman–Crippen LogP) is 6.54. The molecule has 1 atom stereocenters. The van der Waals surface area contributed by atoms with Crippen molar-refractivity contribution >= 4 is 12.3 Å². The van der Waals surface area contributed by atoms with Crippen LogP contribution in [0.3, 0.4) is 0 Å². The summed E-state index contributed by atoms with van der Waals surface area (Å²) in [6.45, 7) is 4.31. The third kappa shape index (κ3) is 17.5. The first kappa shape index (κ1) is 23.9. The lowest BCUT2D eigenvalue weighted by atomic mass is 10.1. The third-order valence-electron chi connectivity index (χ3n) is 4.42. The minimum absolute atomic E-state index is 0.0362. The number of allylic oxidation sites excluding steroid dienone is 1. The van der Waals surface area contributed by atoms with Crippen LogP contribution in [-0.2, 0) is 14.3 Å². The Labute approximate surface area is 155 Å². The average molecular weight is 353 g/mol. The van der Waals surface area contributed by atoms with Crippen LogP contribution < -0.4 is 0 Å². The van der Waals surface area contributed by atoms with Crippen LogP contribution in [0.15, 0.2) is 12.2 Å². The lowest BCUT2D eigenvalue weighted by Crippen LogP contribution is -2.17. The van der Waals surface area contributed by atoms with Crippen molar-refractivity contribution in [1.29, 1.82) is 0 Å². The number of hydrogen-bond acceptors (Lipinski definition) is 3. The van der Waals surface area contributed by atoms with Gasteiger partial charge in [-0.15, -0.1) is 0 Å². The number of ether oxygens (including phenoxy) is 1. The highest BCUT2D eigenvalue weighted by Gasteiger charge is 2.12. The van der Waals surface area contributed by atoms with Crippen molar-refractivity contribution in [3.63, 3.8) is 0 Å². The minimum atomic E-state index is -0.0362. The lowest BCUT2D eigenvalue weighted by Gasteiger charge is -2.16. The summed E-state index contributed by atoms with van der Waals surface area (Å²) in [7, 11) is 0. The second-order valence-electron chi connectivity index (χ2n) is 6.93. The SMILES string of the molecule is CCCCCCC(CC=CCCCCCCC=O)OC(=O)CCCC. The van der Waals surface area contributed by atoms with Crippen LogP contribution in [0.1, 0.15) is 110 Å². The van der Waals surface area contributed by atoms with E-state index in [1.165, 1.54) is 32.1 Å². The van der Waals surface area contributed by atoms with Gasteiger partial charge in [0, 0.05) is 19.3 Å². The molecule has 0 bridgehead atoms. The second-order valence-corrected chi connectivity index (χ2v) is 6.93. The van der Waals surface area contributed by atoms with Crippen LogP contribution in [0.2, 0.25) is 0 Å². The molecule has 0 aliphatic heterocycles. The fourth-order valence-electron chi connectivity index (χ4n) is 2.80. The van der Waals surface area contributed by atoms with Crippen LogP contribution in [0, 0.1) is 0 Å². The van der Waals surface area contributed by atoms with Crippen molar-refractivity contribution in [3.8, 4) is 0 Å². The normalized spacial score (nSPS) is 12.4. The summed E-state index contributed by atoms with van der Waals surface area (Å²) in [5.41, 5.74) is 0. The van der Waals surface area contributed by atoms with Gasteiger partial charge in [-0.25, -0.2) is 0 Å². The number of unbranched alkanes of at least 4 members (excludes halogenated alkanes) is 9. The molecule has 0 saturated heterocycles. The molecule has 25 heavy (non-hydrogen) atoms. The Hall–Kier alpha value is -1.12. The Morgan fingerprint density at radius 1 is 0.840 bits per heavy atom. The summed E-state index contributed by atoms with van der Waals surface area (Å²) in [5.74, 6) is -0.0362. The van der Waals surface area contributed by atoms with Crippen molar-refractivity contribution in [2.75, 3.05) is 0 Å². The Morgan fingerprint density at radius 3 is 2.20 bits per heavy atom. The maximum atomic E-state index is 11.9. The Morgan fingerprint density at radius 2 is 1.52 bits per heavy atom. The van der Waals surface area contributed by atoms with E-state index in [1.54, 1.807) is 0 Å². The molecule has 0 spiro atoms. The fourth-order valence-corrected chi connectivity index (χ4v) is 2.80. The third-order valence-corrected chi connectivity index (χ3v) is 4.42. The summed E-state index contributed by atoms with van der Waals surface area (Å²) in [6.07, 6.45) is 20.9. The van der Waals surface area contributed by atoms with Crippen molar-refractivity contribution in [2.45, 2.75) is 116 Å². The first-order valence-corrected chi connectivity index (χ1v) is 10.5. The van der Waals surface area contributed by atoms with Gasteiger partial charge in [0.25, 0.3) is 0 Å². The van der Waals surface area contributed by atoms with Gasteiger partial charge in [-0.3, -0.25) is 4.79 Å². The van der Waals surface area contributed by atoms with Gasteiger partial charge in [-0.1, -0.05) is 64.5 Å². The highest BCUT2D eigenvalue weighted by molar-refractivity contribution is 5.69. The van der Waals surface area contributed by atoms with E-state index in [2.05, 4.69) is 26.0 Å². The number of rotatable bonds is 18. The number of esters is 1. The summed E-state index contributed by atoms with van der Waals surface area (Å²) < 4.78 is 5.68. The molecule has 0 aliphatic carbocycles. The Kier molecular flexibility index (Phi) is 18.3. The Bertz CT molecular complexity index is 336. The van der Waals surface area contributed by atoms with Gasteiger partial charge in [0.15, 0.2) is 0 Å². The van der Waals surface area contributed by atoms with Gasteiger partial charge >= 0.3 is 5.97 Å². The Balaban J connectivity index is 3.99. The first-order chi connectivity index (χ1) is 12.2. The average Bonchev–Trinajstić information content (AvgIpc) is 2.61. The molecule has 0 aromatic rings. The van der Waals surface area contributed by atoms with Crippen molar-refractivity contribution in [2.24, 2.45) is 0 Å². The van der Waals surface area contributed by atoms with E-state index in [9.17, 15) is 9.59 Å². The van der Waals surface area contributed by atoms with E-state index < -0.39 is 0 Å². The molecule has 0 fully saturated rings. The van der Waals surface area contributed by atoms with Crippen molar-refractivity contribution in [3.05, 3.63) is 12.2 Å². The van der Waals surface area contributed by atoms with Crippen LogP contribution in [0.4, 0.5) is 0 Å². The van der Waals surface area contributed by atoms with E-state index in [0.717, 1.165) is 57.7 Å². The topological polar surface area (TPSA) is 43.4 Å². The largest absolute Gasteiger partial charge is 0.462 e. The number of carbonyl (C=O) groups excluding carboxylic acids is 2. The second kappa shape index (κ2) is 19.2. The molecule has 0 aromatic carbocycles. The smallest absolute Gasteiger partial charge is 0.306 e. The number of aldehydes is 1. The molecular weight excluding hydrogens is 312 g/mol. The fraction of sp³-hybridized carbons (Fsp3) is 0.818. The maximum absolute atomic E-state index is 11.9. The molecule has 0 radical (unpaired) electrons. The minimum Gasteiger partial charge on any atom is -0.462 e. The van der Waals surface area contributed by atoms with Gasteiger partial charge in [-0.2, -0.15) is 0 Å². The van der Waals surface area contributed by atoms with Gasteiger partial charge in [0.2, 0.25) is 0 Å². The predicted molar refractivity (Wildman–Crippen MR) is 106 cm³/mol. The molecule has 0 aliphatic rings. The molecule has 0 heterocycles. The molecule has 146 valence electrons. The monoisotopic (exact) mass is 352 g/mol. The van der Waals surface area contributed by atoms with E-state index in [1.807, 2.05) is 0 Å². The zero-order valence-corrected chi connectivity index (χ0v) is 16.6. The maximum Gasteiger partial charge on any atom is 0.306 e. The molecule has 0 N–H and O–H groups in total. The standard InChI is InChI=1S/C22H40O3/c1-3-5-7-14-17-21(25-22(24)19-6-4-2)18-15-12-10-8-9-11-13-16-20-23/h12,15,20-21H,3-11,13-14,16-19H2,1-2H3. The molecule has 1 unspecified atom stereocenters. The molecule has 0 saturated carbocycles. The van der Waals surface area contributed by atoms with Crippen LogP contribution in [-0.4, -0.2) is 18.4 Å². The van der Waals surface area contributed by atoms with Crippen LogP contribution in [0.25, 0.3) is 0 Å². The zero-order chi connectivity index (χ0) is 18.6. The molecule has 0 amide bonds. The molecule has 0 rings (SSSR count). The summed E-state index contributed by atoms with van der Waals surface area (Å²) in [6, 6.07) is 0. The van der Waals surface area contributed by atoms with Crippen LogP contribution in [0.5, 0.6) is 0 Å². The number of hydrogen-bond donors (Lipinski definition) is 0. The van der Waals surface area contributed by atoms with E-state index >= 15 is 0 Å². The van der Waals surface area contributed by atoms with Crippen LogP contribution >= 0.6 is 0 Å². The van der Waals surface area contributed by atoms with Gasteiger partial charge < -0.3 is 9.53 Å². The quantitative estimate of drug-likeness (QED) is 0.122. The first-order valence-electron chi connectivity index (χ1n) is 10.5. The highest BCUT2D eigenvalue weighted by Crippen LogP contribution is 2.14. The van der Waals surface area contributed by atoms with E-state index in [4.69, 9.17) is 4.74 Å². The highest BCUT2D eigenvalue weighted by atomic mass is 16.5. The summed E-state index contributed by atoms with van der Waals surface area (Å²) in [5, 5.41) is 0. The zero-order valence-electron chi connectivity index (χ0n) is 16.6. The molecule has 3 nitrogen and oxygen atoms in total. The summed E-state index contributed by atoms with van der Waals surface area (Å²) in [4.78, 5) is 22.1. The van der Waals surface area contributed by atoms with Crippen molar-refractivity contribution in [1.82, 2.24) is 0 Å². The number of carbonyl (C=O) groups is 2.